The van der Waals surface area contributed by atoms with Crippen LogP contribution >= 0.6 is 11.8 Å². The summed E-state index contributed by atoms with van der Waals surface area (Å²) in [6, 6.07) is 15.3. The van der Waals surface area contributed by atoms with Gasteiger partial charge < -0.3 is 19.0 Å². The number of nitrogens with zero attached hydrogens (tertiary/aromatic N) is 4. The number of methoxy groups -OCH3 is 1. The van der Waals surface area contributed by atoms with E-state index < -0.39 is 0 Å². The first-order chi connectivity index (χ1) is 14.6. The molecular formula is C21H21N5O3S. The Kier molecular flexibility index (Phi) is 5.99. The quantitative estimate of drug-likeness (QED) is 0.434. The fourth-order valence-electron chi connectivity index (χ4n) is 3.08. The Bertz CT molecular complexity index is 1150. The van der Waals surface area contributed by atoms with E-state index in [1.807, 2.05) is 55.5 Å². The zero-order valence-electron chi connectivity index (χ0n) is 16.7. The SMILES string of the molecule is COc1ccc(-c2nnc(SCC(=O)NCCn3c(C)nc4ccccc43)o2)cc1. The second-order valence-corrected chi connectivity index (χ2v) is 7.47. The van der Waals surface area contributed by atoms with Gasteiger partial charge in [0.1, 0.15) is 11.6 Å². The third-order valence-corrected chi connectivity index (χ3v) is 5.39. The van der Waals surface area contributed by atoms with Crippen LogP contribution < -0.4 is 10.1 Å². The number of nitrogens with one attached hydrogen (secondary N) is 1. The minimum Gasteiger partial charge on any atom is -0.497 e. The molecule has 0 aliphatic rings. The summed E-state index contributed by atoms with van der Waals surface area (Å²) in [4.78, 5) is 16.7. The van der Waals surface area contributed by atoms with Gasteiger partial charge >= 0.3 is 0 Å². The Morgan fingerprint density at radius 3 is 2.77 bits per heavy atom. The van der Waals surface area contributed by atoms with Crippen LogP contribution in [0.2, 0.25) is 0 Å². The lowest BCUT2D eigenvalue weighted by Gasteiger charge is -2.08. The molecule has 1 N–H and O–H groups in total. The van der Waals surface area contributed by atoms with Crippen LogP contribution in [0.1, 0.15) is 5.82 Å². The number of carbonyl (C=O) groups excluding carboxylic acids is 1. The first-order valence-electron chi connectivity index (χ1n) is 9.43. The lowest BCUT2D eigenvalue weighted by Crippen LogP contribution is -2.28. The number of hydrogen-bond donors (Lipinski definition) is 1. The number of amides is 1. The van der Waals surface area contributed by atoms with E-state index in [1.165, 1.54) is 11.8 Å². The van der Waals surface area contributed by atoms with Crippen LogP contribution in [0, 0.1) is 6.92 Å². The van der Waals surface area contributed by atoms with E-state index >= 15 is 0 Å². The van der Waals surface area contributed by atoms with Gasteiger partial charge in [0, 0.05) is 18.7 Å². The van der Waals surface area contributed by atoms with Gasteiger partial charge in [-0.1, -0.05) is 23.9 Å². The molecule has 8 nitrogen and oxygen atoms in total. The van der Waals surface area contributed by atoms with Crippen molar-refractivity contribution in [2.45, 2.75) is 18.7 Å². The van der Waals surface area contributed by atoms with Crippen molar-refractivity contribution in [1.82, 2.24) is 25.1 Å². The molecule has 2 aromatic heterocycles. The summed E-state index contributed by atoms with van der Waals surface area (Å²) < 4.78 is 12.9. The molecule has 4 aromatic rings. The number of ether oxygens (including phenoxy) is 1. The van der Waals surface area contributed by atoms with Crippen molar-refractivity contribution < 1.29 is 13.9 Å². The zero-order chi connectivity index (χ0) is 20.9. The van der Waals surface area contributed by atoms with Gasteiger partial charge in [-0.2, -0.15) is 0 Å². The topological polar surface area (TPSA) is 95.1 Å². The van der Waals surface area contributed by atoms with Crippen molar-refractivity contribution in [3.05, 3.63) is 54.4 Å². The van der Waals surface area contributed by atoms with E-state index in [1.54, 1.807) is 7.11 Å². The smallest absolute Gasteiger partial charge is 0.277 e. The molecule has 30 heavy (non-hydrogen) atoms. The number of para-hydroxylation sites is 2. The fraction of sp³-hybridized carbons (Fsp3) is 0.238. The standard InChI is InChI=1S/C21H21N5O3S/c1-14-23-17-5-3-4-6-18(17)26(14)12-11-22-19(27)13-30-21-25-24-20(29-21)15-7-9-16(28-2)10-8-15/h3-10H,11-13H2,1-2H3,(H,22,27). The van der Waals surface area contributed by atoms with Gasteiger partial charge in [-0.15, -0.1) is 10.2 Å². The largest absolute Gasteiger partial charge is 0.497 e. The lowest BCUT2D eigenvalue weighted by atomic mass is 10.2. The first kappa shape index (κ1) is 20.0. The van der Waals surface area contributed by atoms with Crippen molar-refractivity contribution in [2.24, 2.45) is 0 Å². The Balaban J connectivity index is 1.27. The third kappa shape index (κ3) is 4.46. The summed E-state index contributed by atoms with van der Waals surface area (Å²) in [5.41, 5.74) is 2.82. The summed E-state index contributed by atoms with van der Waals surface area (Å²) >= 11 is 1.21. The number of aromatic nitrogens is 4. The number of rotatable bonds is 8. The number of aryl methyl sites for hydroxylation is 1. The van der Waals surface area contributed by atoms with E-state index in [2.05, 4.69) is 25.1 Å². The molecule has 154 valence electrons. The predicted octanol–water partition coefficient (Wildman–Crippen LogP) is 3.31. The average Bonchev–Trinajstić information content (AvgIpc) is 3.37. The summed E-state index contributed by atoms with van der Waals surface area (Å²) in [5, 5.41) is 11.3. The molecule has 1 amide bonds. The second kappa shape index (κ2) is 9.00. The van der Waals surface area contributed by atoms with Gasteiger partial charge in [0.2, 0.25) is 11.8 Å². The fourth-order valence-corrected chi connectivity index (χ4v) is 3.68. The van der Waals surface area contributed by atoms with E-state index in [4.69, 9.17) is 9.15 Å². The molecule has 4 rings (SSSR count). The average molecular weight is 423 g/mol. The maximum atomic E-state index is 12.2. The summed E-state index contributed by atoms with van der Waals surface area (Å²) in [7, 11) is 1.61. The minimum atomic E-state index is -0.0914. The molecule has 0 atom stereocenters. The van der Waals surface area contributed by atoms with Gasteiger partial charge in [-0.25, -0.2) is 4.98 Å². The van der Waals surface area contributed by atoms with Crippen LogP contribution in [0.5, 0.6) is 5.75 Å². The van der Waals surface area contributed by atoms with E-state index in [-0.39, 0.29) is 11.7 Å². The molecule has 0 spiro atoms. The molecule has 0 bridgehead atoms. The van der Waals surface area contributed by atoms with Crippen molar-refractivity contribution in [1.29, 1.82) is 0 Å². The Morgan fingerprint density at radius 1 is 1.17 bits per heavy atom. The zero-order valence-corrected chi connectivity index (χ0v) is 17.5. The van der Waals surface area contributed by atoms with Crippen molar-refractivity contribution in [2.75, 3.05) is 19.4 Å². The highest BCUT2D eigenvalue weighted by Crippen LogP contribution is 2.24. The summed E-state index contributed by atoms with van der Waals surface area (Å²) in [6.07, 6.45) is 0. The second-order valence-electron chi connectivity index (χ2n) is 6.54. The summed E-state index contributed by atoms with van der Waals surface area (Å²) in [5.74, 6) is 2.20. The molecular weight excluding hydrogens is 402 g/mol. The number of carbonyl (C=O) groups is 1. The van der Waals surface area contributed by atoms with Crippen LogP contribution in [0.15, 0.2) is 58.2 Å². The molecule has 0 saturated heterocycles. The Hall–Kier alpha value is -3.33. The molecule has 2 heterocycles. The van der Waals surface area contributed by atoms with E-state index in [9.17, 15) is 4.79 Å². The molecule has 0 radical (unpaired) electrons. The molecule has 0 saturated carbocycles. The van der Waals surface area contributed by atoms with Gasteiger partial charge in [0.05, 0.1) is 23.9 Å². The Morgan fingerprint density at radius 2 is 1.97 bits per heavy atom. The van der Waals surface area contributed by atoms with Crippen LogP contribution in [-0.2, 0) is 11.3 Å². The number of benzene rings is 2. The molecule has 0 unspecified atom stereocenters. The monoisotopic (exact) mass is 423 g/mol. The van der Waals surface area contributed by atoms with E-state index in [0.717, 1.165) is 28.2 Å². The predicted molar refractivity (Wildman–Crippen MR) is 114 cm³/mol. The molecule has 9 heteroatoms. The third-order valence-electron chi connectivity index (χ3n) is 4.57. The normalized spacial score (nSPS) is 11.0. The number of hydrogen-bond acceptors (Lipinski definition) is 7. The highest BCUT2D eigenvalue weighted by molar-refractivity contribution is 7.99. The molecule has 0 aliphatic heterocycles. The van der Waals surface area contributed by atoms with Crippen molar-refractivity contribution >= 4 is 28.7 Å². The molecule has 2 aromatic carbocycles. The van der Waals surface area contributed by atoms with E-state index in [0.29, 0.717) is 24.2 Å². The number of imidazole rings is 1. The highest BCUT2D eigenvalue weighted by Gasteiger charge is 2.12. The van der Waals surface area contributed by atoms with Crippen LogP contribution in [0.3, 0.4) is 0 Å². The van der Waals surface area contributed by atoms with Crippen molar-refractivity contribution in [3.63, 3.8) is 0 Å². The van der Waals surface area contributed by atoms with Gasteiger partial charge in [0.15, 0.2) is 0 Å². The van der Waals surface area contributed by atoms with Gasteiger partial charge in [0.25, 0.3) is 5.22 Å². The Labute approximate surface area is 177 Å². The highest BCUT2D eigenvalue weighted by atomic mass is 32.2. The van der Waals surface area contributed by atoms with Crippen LogP contribution in [0.25, 0.3) is 22.5 Å². The van der Waals surface area contributed by atoms with Gasteiger partial charge in [-0.05, 0) is 43.3 Å². The maximum absolute atomic E-state index is 12.2. The van der Waals surface area contributed by atoms with Crippen molar-refractivity contribution in [3.8, 4) is 17.2 Å². The number of fused-ring (bicyclic) bond motifs is 1. The van der Waals surface area contributed by atoms with Crippen LogP contribution in [0.4, 0.5) is 0 Å². The molecule has 0 aliphatic carbocycles. The summed E-state index contributed by atoms with van der Waals surface area (Å²) in [6.45, 7) is 3.14. The molecule has 0 fully saturated rings. The number of thioether (sulfide) groups is 1. The van der Waals surface area contributed by atoms with Gasteiger partial charge in [-0.3, -0.25) is 4.79 Å². The maximum Gasteiger partial charge on any atom is 0.277 e. The first-order valence-corrected chi connectivity index (χ1v) is 10.4. The van der Waals surface area contributed by atoms with Crippen LogP contribution in [-0.4, -0.2) is 45.1 Å². The lowest BCUT2D eigenvalue weighted by molar-refractivity contribution is -0.118. The minimum absolute atomic E-state index is 0.0914.